The number of carbonyl (C=O) groups excluding carboxylic acids is 1. The molecule has 1 aromatic heterocycles. The third kappa shape index (κ3) is 4.54. The van der Waals surface area contributed by atoms with Crippen molar-refractivity contribution >= 4 is 46.6 Å². The van der Waals surface area contributed by atoms with E-state index in [0.29, 0.717) is 26.7 Å². The van der Waals surface area contributed by atoms with Crippen LogP contribution < -0.4 is 5.32 Å². The van der Waals surface area contributed by atoms with Gasteiger partial charge in [0.15, 0.2) is 5.82 Å². The van der Waals surface area contributed by atoms with Crippen molar-refractivity contribution < 1.29 is 4.79 Å². The quantitative estimate of drug-likeness (QED) is 0.605. The fourth-order valence-corrected chi connectivity index (χ4v) is 3.12. The summed E-state index contributed by atoms with van der Waals surface area (Å²) in [6, 6.07) is 14.6. The van der Waals surface area contributed by atoms with Gasteiger partial charge in [-0.25, -0.2) is 4.98 Å². The molecule has 0 bridgehead atoms. The highest BCUT2D eigenvalue weighted by molar-refractivity contribution is 8.00. The Labute approximate surface area is 159 Å². The van der Waals surface area contributed by atoms with Crippen LogP contribution >= 0.6 is 35.0 Å². The third-order valence-electron chi connectivity index (χ3n) is 3.35. The van der Waals surface area contributed by atoms with Crippen molar-refractivity contribution in [2.75, 3.05) is 5.32 Å². The lowest BCUT2D eigenvalue weighted by atomic mass is 10.2. The molecule has 0 aliphatic heterocycles. The van der Waals surface area contributed by atoms with Crippen LogP contribution in [0, 0.1) is 0 Å². The number of anilines is 1. The van der Waals surface area contributed by atoms with Crippen molar-refractivity contribution in [3.63, 3.8) is 0 Å². The molecule has 0 aliphatic rings. The molecule has 0 aliphatic carbocycles. The number of aromatic amines is 1. The number of hydrogen-bond acceptors (Lipinski definition) is 4. The normalized spacial score (nSPS) is 12.0. The largest absolute Gasteiger partial charge is 0.324 e. The van der Waals surface area contributed by atoms with Crippen LogP contribution in [0.5, 0.6) is 0 Å². The lowest BCUT2D eigenvalue weighted by Crippen LogP contribution is -2.22. The summed E-state index contributed by atoms with van der Waals surface area (Å²) >= 11 is 13.3. The molecule has 2 aromatic carbocycles. The molecule has 3 aromatic rings. The highest BCUT2D eigenvalue weighted by Gasteiger charge is 2.18. The van der Waals surface area contributed by atoms with E-state index in [4.69, 9.17) is 23.2 Å². The van der Waals surface area contributed by atoms with Gasteiger partial charge in [0.1, 0.15) is 0 Å². The van der Waals surface area contributed by atoms with Crippen LogP contribution in [0.15, 0.2) is 53.7 Å². The maximum atomic E-state index is 12.4. The second kappa shape index (κ2) is 7.91. The minimum absolute atomic E-state index is 0.208. The van der Waals surface area contributed by atoms with Crippen LogP contribution in [-0.2, 0) is 4.79 Å². The molecule has 1 amide bonds. The number of carbonyl (C=O) groups is 1. The van der Waals surface area contributed by atoms with Crippen LogP contribution in [0.4, 0.5) is 5.69 Å². The smallest absolute Gasteiger partial charge is 0.237 e. The highest BCUT2D eigenvalue weighted by Crippen LogP contribution is 2.27. The van der Waals surface area contributed by atoms with Gasteiger partial charge < -0.3 is 5.32 Å². The van der Waals surface area contributed by atoms with E-state index in [0.717, 1.165) is 5.56 Å². The molecule has 2 N–H and O–H groups in total. The van der Waals surface area contributed by atoms with E-state index in [1.165, 1.54) is 11.8 Å². The van der Waals surface area contributed by atoms with Crippen LogP contribution in [0.25, 0.3) is 11.4 Å². The number of nitrogens with zero attached hydrogens (tertiary/aromatic N) is 2. The summed E-state index contributed by atoms with van der Waals surface area (Å²) in [7, 11) is 0. The van der Waals surface area contributed by atoms with Gasteiger partial charge in [-0.1, -0.05) is 65.3 Å². The average Bonchev–Trinajstić information content (AvgIpc) is 3.07. The highest BCUT2D eigenvalue weighted by atomic mass is 35.5. The number of halogens is 2. The molecular weight excluding hydrogens is 379 g/mol. The molecule has 25 heavy (non-hydrogen) atoms. The Morgan fingerprint density at radius 2 is 1.96 bits per heavy atom. The molecule has 8 heteroatoms. The van der Waals surface area contributed by atoms with Gasteiger partial charge in [0, 0.05) is 10.6 Å². The van der Waals surface area contributed by atoms with Crippen molar-refractivity contribution in [2.45, 2.75) is 17.3 Å². The van der Waals surface area contributed by atoms with Gasteiger partial charge in [-0.3, -0.25) is 9.89 Å². The van der Waals surface area contributed by atoms with Crippen LogP contribution in [-0.4, -0.2) is 26.3 Å². The molecule has 0 saturated heterocycles. The first kappa shape index (κ1) is 17.8. The van der Waals surface area contributed by atoms with Gasteiger partial charge >= 0.3 is 0 Å². The molecule has 1 heterocycles. The van der Waals surface area contributed by atoms with Crippen LogP contribution in [0.2, 0.25) is 10.0 Å². The monoisotopic (exact) mass is 392 g/mol. The molecule has 5 nitrogen and oxygen atoms in total. The SMILES string of the molecule is C[C@H](Sc1n[nH]c(-c2ccccc2)n1)C(=O)Nc1cc(Cl)ccc1Cl. The predicted octanol–water partition coefficient (Wildman–Crippen LogP) is 4.90. The standard InChI is InChI=1S/C17H14Cl2N4OS/c1-10(16(24)20-14-9-12(18)7-8-13(14)19)25-17-21-15(22-23-17)11-5-3-2-4-6-11/h2-10H,1H3,(H,20,24)(H,21,22,23)/t10-/m0/s1. The van der Waals surface area contributed by atoms with Crippen LogP contribution in [0.3, 0.4) is 0 Å². The van der Waals surface area contributed by atoms with Gasteiger partial charge in [0.25, 0.3) is 0 Å². The second-order valence-electron chi connectivity index (χ2n) is 5.21. The zero-order valence-electron chi connectivity index (χ0n) is 13.2. The second-order valence-corrected chi connectivity index (χ2v) is 7.36. The van der Waals surface area contributed by atoms with Crippen molar-refractivity contribution in [1.82, 2.24) is 15.2 Å². The molecule has 0 unspecified atom stereocenters. The maximum Gasteiger partial charge on any atom is 0.237 e. The summed E-state index contributed by atoms with van der Waals surface area (Å²) in [5.41, 5.74) is 1.41. The van der Waals surface area contributed by atoms with Crippen molar-refractivity contribution in [2.24, 2.45) is 0 Å². The topological polar surface area (TPSA) is 70.7 Å². The number of rotatable bonds is 5. The van der Waals surface area contributed by atoms with Gasteiger partial charge in [0.2, 0.25) is 11.1 Å². The number of H-pyrrole nitrogens is 1. The number of benzene rings is 2. The van der Waals surface area contributed by atoms with Crippen molar-refractivity contribution in [1.29, 1.82) is 0 Å². The maximum absolute atomic E-state index is 12.4. The summed E-state index contributed by atoms with van der Waals surface area (Å²) in [5.74, 6) is 0.453. The first-order valence-corrected chi connectivity index (χ1v) is 9.07. The molecule has 128 valence electrons. The van der Waals surface area contributed by atoms with Gasteiger partial charge in [-0.2, -0.15) is 0 Å². The van der Waals surface area contributed by atoms with Gasteiger partial charge in [0.05, 0.1) is 16.0 Å². The van der Waals surface area contributed by atoms with E-state index in [1.807, 2.05) is 30.3 Å². The minimum Gasteiger partial charge on any atom is -0.324 e. The van der Waals surface area contributed by atoms with E-state index in [2.05, 4.69) is 20.5 Å². The average molecular weight is 393 g/mol. The summed E-state index contributed by atoms with van der Waals surface area (Å²) in [6.07, 6.45) is 0. The fourth-order valence-electron chi connectivity index (χ4n) is 2.06. The summed E-state index contributed by atoms with van der Waals surface area (Å²) < 4.78 is 0. The van der Waals surface area contributed by atoms with Crippen molar-refractivity contribution in [3.05, 3.63) is 58.6 Å². The Hall–Kier alpha value is -2.02. The zero-order chi connectivity index (χ0) is 17.8. The Bertz CT molecular complexity index is 885. The lowest BCUT2D eigenvalue weighted by molar-refractivity contribution is -0.115. The van der Waals surface area contributed by atoms with Crippen LogP contribution in [0.1, 0.15) is 6.92 Å². The van der Waals surface area contributed by atoms with E-state index in [1.54, 1.807) is 25.1 Å². The van der Waals surface area contributed by atoms with Gasteiger partial charge in [-0.15, -0.1) is 5.10 Å². The lowest BCUT2D eigenvalue weighted by Gasteiger charge is -2.11. The predicted molar refractivity (Wildman–Crippen MR) is 102 cm³/mol. The molecule has 3 rings (SSSR count). The molecule has 0 fully saturated rings. The number of nitrogens with one attached hydrogen (secondary N) is 2. The number of hydrogen-bond donors (Lipinski definition) is 2. The fraction of sp³-hybridized carbons (Fsp3) is 0.118. The summed E-state index contributed by atoms with van der Waals surface area (Å²) in [6.45, 7) is 1.77. The van der Waals surface area contributed by atoms with Crippen molar-refractivity contribution in [3.8, 4) is 11.4 Å². The van der Waals surface area contributed by atoms with E-state index in [-0.39, 0.29) is 5.91 Å². The van der Waals surface area contributed by atoms with Gasteiger partial charge in [-0.05, 0) is 25.1 Å². The Balaban J connectivity index is 1.66. The first-order chi connectivity index (χ1) is 12.0. The molecule has 1 atom stereocenters. The molecule has 0 saturated carbocycles. The Kier molecular flexibility index (Phi) is 5.63. The number of thioether (sulfide) groups is 1. The zero-order valence-corrected chi connectivity index (χ0v) is 15.5. The van der Waals surface area contributed by atoms with E-state index >= 15 is 0 Å². The minimum atomic E-state index is -0.408. The van der Waals surface area contributed by atoms with E-state index in [9.17, 15) is 4.79 Å². The molecule has 0 spiro atoms. The summed E-state index contributed by atoms with van der Waals surface area (Å²) in [5, 5.41) is 10.8. The number of aromatic nitrogens is 3. The first-order valence-electron chi connectivity index (χ1n) is 7.43. The number of amides is 1. The molecular formula is C17H14Cl2N4OS. The van der Waals surface area contributed by atoms with E-state index < -0.39 is 5.25 Å². The Morgan fingerprint density at radius 3 is 2.72 bits per heavy atom. The third-order valence-corrected chi connectivity index (χ3v) is 4.88. The molecule has 0 radical (unpaired) electrons. The Morgan fingerprint density at radius 1 is 1.20 bits per heavy atom. The summed E-state index contributed by atoms with van der Waals surface area (Å²) in [4.78, 5) is 16.8.